The van der Waals surface area contributed by atoms with Crippen LogP contribution >= 0.6 is 11.3 Å². The molecule has 1 aliphatic heterocycles. The van der Waals surface area contributed by atoms with Crippen molar-refractivity contribution in [1.29, 1.82) is 0 Å². The van der Waals surface area contributed by atoms with E-state index in [1.165, 1.54) is 38.5 Å². The average Bonchev–Trinajstić information content (AvgIpc) is 3.41. The molecule has 37 heavy (non-hydrogen) atoms. The second kappa shape index (κ2) is 9.17. The van der Waals surface area contributed by atoms with Gasteiger partial charge in [-0.25, -0.2) is 13.8 Å². The first-order valence-electron chi connectivity index (χ1n) is 10.8. The fraction of sp³-hybridized carbons (Fsp3) is 0.115. The van der Waals surface area contributed by atoms with Gasteiger partial charge in [-0.05, 0) is 35.9 Å². The zero-order valence-electron chi connectivity index (χ0n) is 19.4. The zero-order valence-corrected chi connectivity index (χ0v) is 20.2. The maximum atomic E-state index is 13.8. The smallest absolute Gasteiger partial charge is 0.301 e. The number of hydrogen-bond acceptors (Lipinski definition) is 8. The number of aliphatic hydroxyl groups is 1. The maximum Gasteiger partial charge on any atom is 0.301 e. The highest BCUT2D eigenvalue weighted by atomic mass is 32.1. The van der Waals surface area contributed by atoms with Crippen molar-refractivity contribution < 1.29 is 38.1 Å². The van der Waals surface area contributed by atoms with Gasteiger partial charge < -0.3 is 19.7 Å². The molecule has 5 rings (SSSR count). The molecule has 0 spiro atoms. The van der Waals surface area contributed by atoms with Gasteiger partial charge in [-0.1, -0.05) is 29.5 Å². The standard InChI is InChI=1S/C26H18F2N2O6S/c1-35-17-4-3-5-18(36-2)20(17)23(32)21-22(12-6-8-13(31)9-7-12)30(25(34)24(21)33)26-29-16-10-14(27)15(28)11-19(16)37-26/h3-11,22,31-32H,1-2H3/b23-21+. The lowest BCUT2D eigenvalue weighted by Crippen LogP contribution is -2.29. The van der Waals surface area contributed by atoms with Crippen molar-refractivity contribution in [3.63, 3.8) is 0 Å². The molecule has 1 saturated heterocycles. The molecule has 1 fully saturated rings. The molecule has 1 atom stereocenters. The summed E-state index contributed by atoms with van der Waals surface area (Å²) in [7, 11) is 2.75. The van der Waals surface area contributed by atoms with Crippen molar-refractivity contribution in [2.24, 2.45) is 0 Å². The summed E-state index contributed by atoms with van der Waals surface area (Å²) < 4.78 is 38.6. The van der Waals surface area contributed by atoms with Crippen LogP contribution in [0.15, 0.2) is 60.2 Å². The Labute approximate surface area is 212 Å². The molecule has 8 nitrogen and oxygen atoms in total. The van der Waals surface area contributed by atoms with Crippen molar-refractivity contribution in [3.05, 3.63) is 82.9 Å². The number of halogens is 2. The Morgan fingerprint density at radius 1 is 1.00 bits per heavy atom. The molecule has 4 aromatic rings. The number of hydrogen-bond donors (Lipinski definition) is 2. The third kappa shape index (κ3) is 3.93. The van der Waals surface area contributed by atoms with Gasteiger partial charge in [-0.15, -0.1) is 0 Å². The van der Waals surface area contributed by atoms with Gasteiger partial charge in [0.05, 0.1) is 36.1 Å². The summed E-state index contributed by atoms with van der Waals surface area (Å²) in [5, 5.41) is 21.2. The monoisotopic (exact) mass is 524 g/mol. The lowest BCUT2D eigenvalue weighted by molar-refractivity contribution is -0.132. The minimum atomic E-state index is -1.19. The van der Waals surface area contributed by atoms with E-state index in [4.69, 9.17) is 9.47 Å². The molecular weight excluding hydrogens is 506 g/mol. The zero-order chi connectivity index (χ0) is 26.4. The molecule has 11 heteroatoms. The Morgan fingerprint density at radius 2 is 1.62 bits per heavy atom. The van der Waals surface area contributed by atoms with E-state index in [-0.39, 0.29) is 43.7 Å². The van der Waals surface area contributed by atoms with Crippen LogP contribution < -0.4 is 14.4 Å². The van der Waals surface area contributed by atoms with E-state index in [1.54, 1.807) is 18.2 Å². The van der Waals surface area contributed by atoms with Crippen LogP contribution in [-0.4, -0.2) is 41.1 Å². The number of carbonyl (C=O) groups excluding carboxylic acids is 2. The number of rotatable bonds is 5. The number of ketones is 1. The van der Waals surface area contributed by atoms with Gasteiger partial charge in [0.2, 0.25) is 0 Å². The van der Waals surface area contributed by atoms with Crippen LogP contribution in [0, 0.1) is 11.6 Å². The van der Waals surface area contributed by atoms with E-state index in [0.717, 1.165) is 28.4 Å². The second-order valence-electron chi connectivity index (χ2n) is 8.03. The number of fused-ring (bicyclic) bond motifs is 1. The molecule has 0 bridgehead atoms. The largest absolute Gasteiger partial charge is 0.508 e. The predicted octanol–water partition coefficient (Wildman–Crippen LogP) is 4.92. The SMILES string of the molecule is COc1cccc(OC)c1/C(O)=C1\C(=O)C(=O)N(c2nc3cc(F)c(F)cc3s2)C1c1ccc(O)cc1. The number of phenols is 1. The Balaban J connectivity index is 1.78. The first-order chi connectivity index (χ1) is 17.7. The van der Waals surface area contributed by atoms with Crippen molar-refractivity contribution in [1.82, 2.24) is 4.98 Å². The summed E-state index contributed by atoms with van der Waals surface area (Å²) in [5.41, 5.74) is 0.235. The van der Waals surface area contributed by atoms with Crippen LogP contribution in [0.2, 0.25) is 0 Å². The molecule has 1 amide bonds. The number of phenolic OH excluding ortho intramolecular Hbond substituents is 1. The van der Waals surface area contributed by atoms with Gasteiger partial charge >= 0.3 is 5.91 Å². The van der Waals surface area contributed by atoms with E-state index >= 15 is 0 Å². The first-order valence-corrected chi connectivity index (χ1v) is 11.6. The summed E-state index contributed by atoms with van der Waals surface area (Å²) in [5.74, 6) is -4.43. The number of thiazole rings is 1. The second-order valence-corrected chi connectivity index (χ2v) is 9.04. The van der Waals surface area contributed by atoms with Gasteiger partial charge in [0.15, 0.2) is 16.8 Å². The minimum Gasteiger partial charge on any atom is -0.508 e. The van der Waals surface area contributed by atoms with Crippen molar-refractivity contribution in [2.75, 3.05) is 19.1 Å². The number of anilines is 1. The number of carbonyl (C=O) groups is 2. The van der Waals surface area contributed by atoms with E-state index in [2.05, 4.69) is 4.98 Å². The fourth-order valence-electron chi connectivity index (χ4n) is 4.24. The van der Waals surface area contributed by atoms with Crippen LogP contribution in [-0.2, 0) is 9.59 Å². The summed E-state index contributed by atoms with van der Waals surface area (Å²) in [6.45, 7) is 0. The number of aromatic nitrogens is 1. The topological polar surface area (TPSA) is 109 Å². The summed E-state index contributed by atoms with van der Waals surface area (Å²) in [6, 6.07) is 11.1. The Bertz CT molecular complexity index is 1540. The van der Waals surface area contributed by atoms with Gasteiger partial charge in [-0.2, -0.15) is 0 Å². The van der Waals surface area contributed by atoms with Crippen LogP contribution in [0.5, 0.6) is 17.2 Å². The molecule has 0 saturated carbocycles. The molecule has 2 N–H and O–H groups in total. The summed E-state index contributed by atoms with van der Waals surface area (Å²) in [6.07, 6.45) is 0. The van der Waals surface area contributed by atoms with Crippen molar-refractivity contribution >= 4 is 44.1 Å². The number of nitrogens with zero attached hydrogens (tertiary/aromatic N) is 2. The summed E-state index contributed by atoms with van der Waals surface area (Å²) >= 11 is 0.882. The molecule has 3 aromatic carbocycles. The van der Waals surface area contributed by atoms with Crippen LogP contribution in [0.4, 0.5) is 13.9 Å². The Hall–Kier alpha value is -4.51. The first kappa shape index (κ1) is 24.2. The molecular formula is C26H18F2N2O6S. The van der Waals surface area contributed by atoms with Crippen LogP contribution in [0.25, 0.3) is 16.0 Å². The molecule has 0 aliphatic carbocycles. The van der Waals surface area contributed by atoms with E-state index < -0.39 is 35.1 Å². The number of Topliss-reactive ketones (excluding diaryl/α,β-unsaturated/α-hetero) is 1. The van der Waals surface area contributed by atoms with Crippen LogP contribution in [0.3, 0.4) is 0 Å². The average molecular weight is 525 g/mol. The third-order valence-corrected chi connectivity index (χ3v) is 6.96. The lowest BCUT2D eigenvalue weighted by Gasteiger charge is -2.23. The minimum absolute atomic E-state index is 0.00813. The Morgan fingerprint density at radius 3 is 2.24 bits per heavy atom. The van der Waals surface area contributed by atoms with E-state index in [1.807, 2.05) is 0 Å². The van der Waals surface area contributed by atoms with Crippen LogP contribution in [0.1, 0.15) is 17.2 Å². The van der Waals surface area contributed by atoms with Crippen molar-refractivity contribution in [3.8, 4) is 17.2 Å². The number of aliphatic hydroxyl groups excluding tert-OH is 1. The van der Waals surface area contributed by atoms with Gasteiger partial charge in [-0.3, -0.25) is 14.5 Å². The predicted molar refractivity (Wildman–Crippen MR) is 132 cm³/mol. The van der Waals surface area contributed by atoms with Gasteiger partial charge in [0, 0.05) is 6.07 Å². The normalized spacial score (nSPS) is 17.0. The number of amides is 1. The molecule has 188 valence electrons. The van der Waals surface area contributed by atoms with E-state index in [9.17, 15) is 28.6 Å². The van der Waals surface area contributed by atoms with Crippen molar-refractivity contribution in [2.45, 2.75) is 6.04 Å². The molecule has 1 aliphatic rings. The number of ether oxygens (including phenoxy) is 2. The highest BCUT2D eigenvalue weighted by Gasteiger charge is 2.48. The highest BCUT2D eigenvalue weighted by molar-refractivity contribution is 7.22. The third-order valence-electron chi connectivity index (χ3n) is 5.94. The summed E-state index contributed by atoms with van der Waals surface area (Å²) in [4.78, 5) is 32.1. The number of aromatic hydroxyl groups is 1. The number of benzene rings is 3. The molecule has 2 heterocycles. The molecule has 0 radical (unpaired) electrons. The maximum absolute atomic E-state index is 13.8. The van der Waals surface area contributed by atoms with E-state index in [0.29, 0.717) is 5.56 Å². The molecule has 1 aromatic heterocycles. The Kier molecular flexibility index (Phi) is 6.00. The molecule has 1 unspecified atom stereocenters. The van der Waals surface area contributed by atoms with Gasteiger partial charge in [0.25, 0.3) is 5.78 Å². The highest BCUT2D eigenvalue weighted by Crippen LogP contribution is 2.46. The lowest BCUT2D eigenvalue weighted by atomic mass is 9.94. The fourth-order valence-corrected chi connectivity index (χ4v) is 5.23. The number of methoxy groups -OCH3 is 2. The quantitative estimate of drug-likeness (QED) is 0.217. The van der Waals surface area contributed by atoms with Gasteiger partial charge in [0.1, 0.15) is 28.6 Å².